The first kappa shape index (κ1) is 28.7. The summed E-state index contributed by atoms with van der Waals surface area (Å²) in [5.74, 6) is -3.88. The van der Waals surface area contributed by atoms with Gasteiger partial charge >= 0.3 is 17.9 Å². The number of aryl methyl sites for hydroxylation is 1. The predicted molar refractivity (Wildman–Crippen MR) is 131 cm³/mol. The van der Waals surface area contributed by atoms with E-state index in [1.165, 1.54) is 38.2 Å². The third-order valence-electron chi connectivity index (χ3n) is 6.25. The molecule has 0 fully saturated rings. The Morgan fingerprint density at radius 1 is 0.576 bits per heavy atom. The minimum absolute atomic E-state index is 0.00564. The van der Waals surface area contributed by atoms with E-state index in [0.717, 1.165) is 51.4 Å². The molecule has 0 unspecified atom stereocenters. The van der Waals surface area contributed by atoms with E-state index in [0.29, 0.717) is 18.4 Å². The molecule has 3 N–H and O–H groups in total. The molecule has 0 spiro atoms. The molecule has 0 aliphatic carbocycles. The number of carbonyl (C=O) groups is 3. The number of benzene rings is 1. The van der Waals surface area contributed by atoms with Crippen molar-refractivity contribution < 1.29 is 29.7 Å². The van der Waals surface area contributed by atoms with Gasteiger partial charge in [0, 0.05) is 0 Å². The minimum Gasteiger partial charge on any atom is -0.478 e. The van der Waals surface area contributed by atoms with Gasteiger partial charge in [0.25, 0.3) is 0 Å². The maximum absolute atomic E-state index is 12.2. The number of carboxylic acids is 3. The molecule has 1 rings (SSSR count). The monoisotopic (exact) mass is 462 g/mol. The van der Waals surface area contributed by atoms with Gasteiger partial charge in [-0.2, -0.15) is 0 Å². The van der Waals surface area contributed by atoms with Gasteiger partial charge in [-0.3, -0.25) is 0 Å². The molecule has 0 atom stereocenters. The van der Waals surface area contributed by atoms with E-state index in [1.54, 1.807) is 0 Å². The van der Waals surface area contributed by atoms with Crippen molar-refractivity contribution in [2.75, 3.05) is 0 Å². The summed E-state index contributed by atoms with van der Waals surface area (Å²) in [6.07, 6.45) is 15.3. The molecular formula is C27H42O6. The molecule has 0 bridgehead atoms. The van der Waals surface area contributed by atoms with E-state index in [9.17, 15) is 29.7 Å². The zero-order valence-electron chi connectivity index (χ0n) is 20.5. The highest BCUT2D eigenvalue weighted by Crippen LogP contribution is 2.28. The molecule has 0 aromatic heterocycles. The smallest absolute Gasteiger partial charge is 0.336 e. The number of hydrogen-bond acceptors (Lipinski definition) is 3. The summed E-state index contributed by atoms with van der Waals surface area (Å²) in [5, 5.41) is 29.4. The Morgan fingerprint density at radius 3 is 1.42 bits per heavy atom. The molecule has 0 amide bonds. The van der Waals surface area contributed by atoms with Crippen molar-refractivity contribution in [3.05, 3.63) is 33.9 Å². The maximum Gasteiger partial charge on any atom is 0.336 e. The van der Waals surface area contributed by atoms with Crippen LogP contribution >= 0.6 is 0 Å². The van der Waals surface area contributed by atoms with Crippen molar-refractivity contribution in [1.29, 1.82) is 0 Å². The Morgan fingerprint density at radius 2 is 1.00 bits per heavy atom. The second kappa shape index (κ2) is 16.3. The summed E-state index contributed by atoms with van der Waals surface area (Å²) >= 11 is 0. The fraction of sp³-hybridized carbons (Fsp3) is 0.667. The van der Waals surface area contributed by atoms with E-state index >= 15 is 0 Å². The lowest BCUT2D eigenvalue weighted by molar-refractivity contribution is 0.0647. The van der Waals surface area contributed by atoms with Crippen molar-refractivity contribution in [2.24, 2.45) is 0 Å². The molecule has 0 saturated heterocycles. The Balaban J connectivity index is 3.05. The molecule has 0 radical (unpaired) electrons. The molecule has 0 aliphatic heterocycles. The van der Waals surface area contributed by atoms with Gasteiger partial charge in [-0.15, -0.1) is 0 Å². The van der Waals surface area contributed by atoms with E-state index < -0.39 is 17.9 Å². The number of carboxylic acid groups (broad SMARTS) is 3. The summed E-state index contributed by atoms with van der Waals surface area (Å²) in [6.45, 7) is 4.32. The lowest BCUT2D eigenvalue weighted by Gasteiger charge is -2.17. The largest absolute Gasteiger partial charge is 0.478 e. The van der Waals surface area contributed by atoms with Gasteiger partial charge in [0.05, 0.1) is 16.7 Å². The molecule has 1 aromatic rings. The lowest BCUT2D eigenvalue weighted by Crippen LogP contribution is -2.18. The molecule has 33 heavy (non-hydrogen) atoms. The third kappa shape index (κ3) is 9.97. The first-order chi connectivity index (χ1) is 15.8. The van der Waals surface area contributed by atoms with Crippen LogP contribution in [0.5, 0.6) is 0 Å². The van der Waals surface area contributed by atoms with Crippen molar-refractivity contribution in [3.8, 4) is 0 Å². The number of hydrogen-bond donors (Lipinski definition) is 3. The van der Waals surface area contributed by atoms with E-state index in [-0.39, 0.29) is 28.7 Å². The number of aromatic carboxylic acids is 3. The van der Waals surface area contributed by atoms with Crippen molar-refractivity contribution in [1.82, 2.24) is 0 Å². The minimum atomic E-state index is -1.38. The SMILES string of the molecule is CCCCCCCCCCc1c(C(=O)O)c(CCCCCCCC)cc(C(=O)O)c1C(=O)O. The van der Waals surface area contributed by atoms with Crippen molar-refractivity contribution in [3.63, 3.8) is 0 Å². The van der Waals surface area contributed by atoms with Crippen LogP contribution in [0, 0.1) is 0 Å². The zero-order chi connectivity index (χ0) is 24.6. The van der Waals surface area contributed by atoms with Crippen LogP contribution in [0.1, 0.15) is 146 Å². The average molecular weight is 463 g/mol. The Bertz CT molecular complexity index is 768. The fourth-order valence-electron chi connectivity index (χ4n) is 4.46. The van der Waals surface area contributed by atoms with Crippen LogP contribution in [0.15, 0.2) is 6.07 Å². The highest BCUT2D eigenvalue weighted by atomic mass is 16.4. The summed E-state index contributed by atoms with van der Waals surface area (Å²) in [7, 11) is 0. The second-order valence-electron chi connectivity index (χ2n) is 8.97. The third-order valence-corrected chi connectivity index (χ3v) is 6.25. The maximum atomic E-state index is 12.2. The normalized spacial score (nSPS) is 11.0. The summed E-state index contributed by atoms with van der Waals surface area (Å²) in [5.41, 5.74) is -0.0664. The average Bonchev–Trinajstić information content (AvgIpc) is 2.76. The van der Waals surface area contributed by atoms with Crippen molar-refractivity contribution >= 4 is 17.9 Å². The van der Waals surface area contributed by atoms with Crippen LogP contribution in [0.2, 0.25) is 0 Å². The molecule has 6 nitrogen and oxygen atoms in total. The van der Waals surface area contributed by atoms with Crippen LogP contribution in [0.25, 0.3) is 0 Å². The van der Waals surface area contributed by atoms with Crippen LogP contribution < -0.4 is 0 Å². The summed E-state index contributed by atoms with van der Waals surface area (Å²) in [4.78, 5) is 36.0. The molecule has 0 aliphatic rings. The highest BCUT2D eigenvalue weighted by Gasteiger charge is 2.28. The van der Waals surface area contributed by atoms with Crippen LogP contribution in [0.3, 0.4) is 0 Å². The molecule has 186 valence electrons. The summed E-state index contributed by atoms with van der Waals surface area (Å²) in [6, 6.07) is 1.28. The first-order valence-electron chi connectivity index (χ1n) is 12.7. The molecule has 6 heteroatoms. The lowest BCUT2D eigenvalue weighted by atomic mass is 9.86. The Kier molecular flexibility index (Phi) is 14.1. The number of unbranched alkanes of at least 4 members (excludes halogenated alkanes) is 12. The number of rotatable bonds is 19. The fourth-order valence-corrected chi connectivity index (χ4v) is 4.46. The van der Waals surface area contributed by atoms with Gasteiger partial charge in [-0.05, 0) is 42.9 Å². The van der Waals surface area contributed by atoms with Crippen LogP contribution in [0.4, 0.5) is 0 Å². The van der Waals surface area contributed by atoms with E-state index in [4.69, 9.17) is 0 Å². The van der Waals surface area contributed by atoms with E-state index in [2.05, 4.69) is 13.8 Å². The van der Waals surface area contributed by atoms with Gasteiger partial charge < -0.3 is 15.3 Å². The molecule has 1 aromatic carbocycles. The quantitative estimate of drug-likeness (QED) is 0.185. The summed E-state index contributed by atoms with van der Waals surface area (Å²) < 4.78 is 0. The van der Waals surface area contributed by atoms with E-state index in [1.807, 2.05) is 0 Å². The molecule has 0 heterocycles. The molecular weight excluding hydrogens is 420 g/mol. The van der Waals surface area contributed by atoms with Crippen LogP contribution in [-0.4, -0.2) is 33.2 Å². The Hall–Kier alpha value is -2.37. The van der Waals surface area contributed by atoms with Gasteiger partial charge in [-0.25, -0.2) is 14.4 Å². The second-order valence-corrected chi connectivity index (χ2v) is 8.97. The standard InChI is InChI=1S/C27H42O6/c1-3-5-7-9-11-12-14-16-18-21-23(26(30)31)20(17-15-13-10-8-6-4-2)19-22(25(28)29)24(21)27(32)33/h19H,3-18H2,1-2H3,(H,28,29)(H,30,31)(H,32,33). The highest BCUT2D eigenvalue weighted by molar-refractivity contribution is 6.06. The van der Waals surface area contributed by atoms with Gasteiger partial charge in [0.1, 0.15) is 0 Å². The Labute approximate surface area is 198 Å². The topological polar surface area (TPSA) is 112 Å². The van der Waals surface area contributed by atoms with Gasteiger partial charge in [0.2, 0.25) is 0 Å². The first-order valence-corrected chi connectivity index (χ1v) is 12.7. The molecule has 0 saturated carbocycles. The van der Waals surface area contributed by atoms with Gasteiger partial charge in [-0.1, -0.05) is 90.9 Å². The van der Waals surface area contributed by atoms with Gasteiger partial charge in [0.15, 0.2) is 0 Å². The van der Waals surface area contributed by atoms with Crippen LogP contribution in [-0.2, 0) is 12.8 Å². The predicted octanol–water partition coefficient (Wildman–Crippen LogP) is 7.37. The van der Waals surface area contributed by atoms with Crippen molar-refractivity contribution in [2.45, 2.75) is 117 Å². The zero-order valence-corrected chi connectivity index (χ0v) is 20.5.